The summed E-state index contributed by atoms with van der Waals surface area (Å²) >= 11 is 0. The second kappa shape index (κ2) is 4.77. The third kappa shape index (κ3) is 2.10. The monoisotopic (exact) mass is 252 g/mol. The predicted molar refractivity (Wildman–Crippen MR) is 73.8 cm³/mol. The number of rotatable bonds is 2. The summed E-state index contributed by atoms with van der Waals surface area (Å²) in [7, 11) is 0. The highest BCUT2D eigenvalue weighted by Gasteiger charge is 2.47. The molecular formula is C15H28N2O. The minimum Gasteiger partial charge on any atom is -0.379 e. The predicted octanol–water partition coefficient (Wildman–Crippen LogP) is 2.16. The summed E-state index contributed by atoms with van der Waals surface area (Å²) in [5.41, 5.74) is 0.718. The molecule has 2 saturated heterocycles. The quantitative estimate of drug-likeness (QED) is 0.815. The van der Waals surface area contributed by atoms with Crippen molar-refractivity contribution in [1.82, 2.24) is 10.2 Å². The lowest BCUT2D eigenvalue weighted by atomic mass is 9.86. The maximum absolute atomic E-state index is 5.70. The number of hydrogen-bond acceptors (Lipinski definition) is 3. The minimum atomic E-state index is 0.290. The van der Waals surface area contributed by atoms with E-state index < -0.39 is 0 Å². The molecule has 18 heavy (non-hydrogen) atoms. The molecule has 3 fully saturated rings. The summed E-state index contributed by atoms with van der Waals surface area (Å²) in [6, 6.07) is 0.697. The van der Waals surface area contributed by atoms with Gasteiger partial charge in [-0.1, -0.05) is 19.8 Å². The summed E-state index contributed by atoms with van der Waals surface area (Å²) in [5, 5.41) is 3.88. The Hall–Kier alpha value is -0.120. The van der Waals surface area contributed by atoms with Crippen LogP contribution in [0.2, 0.25) is 0 Å². The van der Waals surface area contributed by atoms with Gasteiger partial charge in [-0.25, -0.2) is 0 Å². The molecule has 3 heteroatoms. The molecule has 3 rings (SSSR count). The molecule has 2 unspecified atom stereocenters. The number of nitrogens with one attached hydrogen (secondary N) is 1. The fourth-order valence-corrected chi connectivity index (χ4v) is 4.22. The molecule has 3 nitrogen and oxygen atoms in total. The van der Waals surface area contributed by atoms with E-state index in [9.17, 15) is 0 Å². The first-order valence-electron chi connectivity index (χ1n) is 7.77. The van der Waals surface area contributed by atoms with E-state index in [2.05, 4.69) is 24.1 Å². The van der Waals surface area contributed by atoms with Crippen LogP contribution >= 0.6 is 0 Å². The summed E-state index contributed by atoms with van der Waals surface area (Å²) in [4.78, 5) is 2.79. The van der Waals surface area contributed by atoms with Crippen LogP contribution in [-0.4, -0.2) is 48.3 Å². The summed E-state index contributed by atoms with van der Waals surface area (Å²) in [6.45, 7) is 9.03. The average Bonchev–Trinajstić information content (AvgIpc) is 3.00. The van der Waals surface area contributed by atoms with Crippen molar-refractivity contribution in [2.45, 2.75) is 69.5 Å². The lowest BCUT2D eigenvalue weighted by Gasteiger charge is -2.52. The van der Waals surface area contributed by atoms with E-state index in [-0.39, 0.29) is 0 Å². The van der Waals surface area contributed by atoms with Crippen LogP contribution in [0.15, 0.2) is 0 Å². The second-order valence-corrected chi connectivity index (χ2v) is 6.86. The Morgan fingerprint density at radius 3 is 2.67 bits per heavy atom. The SMILES string of the molecule is CCC1CNC2(CCCC2)CN1C1(C)CCOC1. The fraction of sp³-hybridized carbons (Fsp3) is 1.00. The van der Waals surface area contributed by atoms with E-state index in [1.807, 2.05) is 0 Å². The molecule has 0 radical (unpaired) electrons. The molecule has 2 aliphatic heterocycles. The van der Waals surface area contributed by atoms with E-state index in [1.54, 1.807) is 0 Å². The van der Waals surface area contributed by atoms with Crippen LogP contribution in [0.25, 0.3) is 0 Å². The van der Waals surface area contributed by atoms with Crippen molar-refractivity contribution in [1.29, 1.82) is 0 Å². The van der Waals surface area contributed by atoms with Gasteiger partial charge in [0.05, 0.1) is 6.61 Å². The van der Waals surface area contributed by atoms with Crippen molar-refractivity contribution in [3.8, 4) is 0 Å². The number of piperazine rings is 1. The van der Waals surface area contributed by atoms with E-state index >= 15 is 0 Å². The van der Waals surface area contributed by atoms with Crippen LogP contribution in [-0.2, 0) is 4.74 Å². The molecule has 104 valence electrons. The van der Waals surface area contributed by atoms with Gasteiger partial charge in [0.1, 0.15) is 0 Å². The molecule has 0 bridgehead atoms. The standard InChI is InChI=1S/C15H28N2O/c1-3-13-10-16-15(6-4-5-7-15)11-17(13)14(2)8-9-18-12-14/h13,16H,3-12H2,1-2H3. The van der Waals surface area contributed by atoms with Crippen molar-refractivity contribution in [3.05, 3.63) is 0 Å². The lowest BCUT2D eigenvalue weighted by Crippen LogP contribution is -2.68. The Kier molecular flexibility index (Phi) is 3.41. The number of ether oxygens (including phenoxy) is 1. The summed E-state index contributed by atoms with van der Waals surface area (Å²) in [5.74, 6) is 0. The molecule has 1 saturated carbocycles. The molecule has 0 aromatic heterocycles. The average molecular weight is 252 g/mol. The zero-order valence-electron chi connectivity index (χ0n) is 12.0. The fourth-order valence-electron chi connectivity index (χ4n) is 4.22. The van der Waals surface area contributed by atoms with E-state index in [0.717, 1.165) is 13.2 Å². The Balaban J connectivity index is 1.79. The van der Waals surface area contributed by atoms with Gasteiger partial charge in [0.15, 0.2) is 0 Å². The van der Waals surface area contributed by atoms with Crippen LogP contribution < -0.4 is 5.32 Å². The van der Waals surface area contributed by atoms with Gasteiger partial charge in [-0.05, 0) is 32.6 Å². The van der Waals surface area contributed by atoms with Crippen molar-refractivity contribution in [2.75, 3.05) is 26.3 Å². The van der Waals surface area contributed by atoms with Crippen LogP contribution in [0.1, 0.15) is 52.4 Å². The zero-order chi connectivity index (χ0) is 12.6. The maximum Gasteiger partial charge on any atom is 0.0648 e. The van der Waals surface area contributed by atoms with Gasteiger partial charge in [0.2, 0.25) is 0 Å². The Morgan fingerprint density at radius 2 is 2.06 bits per heavy atom. The number of nitrogens with zero attached hydrogens (tertiary/aromatic N) is 1. The summed E-state index contributed by atoms with van der Waals surface area (Å²) in [6.07, 6.45) is 8.02. The van der Waals surface area contributed by atoms with Gasteiger partial charge in [-0.2, -0.15) is 0 Å². The van der Waals surface area contributed by atoms with Gasteiger partial charge in [-0.3, -0.25) is 4.90 Å². The molecule has 1 N–H and O–H groups in total. The molecule has 0 amide bonds. The molecule has 3 aliphatic rings. The van der Waals surface area contributed by atoms with Gasteiger partial charge >= 0.3 is 0 Å². The van der Waals surface area contributed by atoms with Gasteiger partial charge in [0.25, 0.3) is 0 Å². The topological polar surface area (TPSA) is 24.5 Å². The van der Waals surface area contributed by atoms with Crippen molar-refractivity contribution in [3.63, 3.8) is 0 Å². The number of hydrogen-bond donors (Lipinski definition) is 1. The van der Waals surface area contributed by atoms with Gasteiger partial charge < -0.3 is 10.1 Å². The van der Waals surface area contributed by atoms with Crippen molar-refractivity contribution in [2.24, 2.45) is 0 Å². The third-order valence-corrected chi connectivity index (χ3v) is 5.55. The summed E-state index contributed by atoms with van der Waals surface area (Å²) < 4.78 is 5.70. The Morgan fingerprint density at radius 1 is 1.28 bits per heavy atom. The largest absolute Gasteiger partial charge is 0.379 e. The second-order valence-electron chi connectivity index (χ2n) is 6.86. The molecule has 0 aromatic rings. The normalized spacial score (nSPS) is 40.7. The Labute approximate surface area is 111 Å². The molecule has 2 atom stereocenters. The first-order chi connectivity index (χ1) is 8.68. The van der Waals surface area contributed by atoms with Crippen molar-refractivity contribution < 1.29 is 4.74 Å². The third-order valence-electron chi connectivity index (χ3n) is 5.55. The smallest absolute Gasteiger partial charge is 0.0648 e. The van der Waals surface area contributed by atoms with Gasteiger partial charge in [0, 0.05) is 36.8 Å². The van der Waals surface area contributed by atoms with E-state index in [0.29, 0.717) is 17.1 Å². The molecule has 1 spiro atoms. The zero-order valence-corrected chi connectivity index (χ0v) is 12.0. The molecule has 2 heterocycles. The lowest BCUT2D eigenvalue weighted by molar-refractivity contribution is -0.0137. The van der Waals surface area contributed by atoms with Gasteiger partial charge in [-0.15, -0.1) is 0 Å². The van der Waals surface area contributed by atoms with Crippen LogP contribution in [0.3, 0.4) is 0 Å². The first-order valence-corrected chi connectivity index (χ1v) is 7.77. The molecular weight excluding hydrogens is 224 g/mol. The minimum absolute atomic E-state index is 0.290. The first kappa shape index (κ1) is 12.9. The maximum atomic E-state index is 5.70. The van der Waals surface area contributed by atoms with Crippen LogP contribution in [0.5, 0.6) is 0 Å². The highest BCUT2D eigenvalue weighted by atomic mass is 16.5. The van der Waals surface area contributed by atoms with Crippen LogP contribution in [0.4, 0.5) is 0 Å². The van der Waals surface area contributed by atoms with Crippen molar-refractivity contribution >= 4 is 0 Å². The van der Waals surface area contributed by atoms with E-state index in [1.165, 1.54) is 51.6 Å². The molecule has 0 aromatic carbocycles. The Bertz CT molecular complexity index is 293. The molecule has 1 aliphatic carbocycles. The highest BCUT2D eigenvalue weighted by molar-refractivity contribution is 5.05. The highest BCUT2D eigenvalue weighted by Crippen LogP contribution is 2.38. The van der Waals surface area contributed by atoms with E-state index in [4.69, 9.17) is 4.74 Å². The van der Waals surface area contributed by atoms with Crippen LogP contribution in [0, 0.1) is 0 Å².